The maximum Gasteiger partial charge on any atom is 0.386 e. The Bertz CT molecular complexity index is 1700. The molecule has 0 unspecified atom stereocenters. The van der Waals surface area contributed by atoms with E-state index in [0.29, 0.717) is 16.7 Å². The molecule has 4 aromatic rings. The largest absolute Gasteiger partial charge is 0.386 e. The van der Waals surface area contributed by atoms with Crippen molar-refractivity contribution in [2.75, 3.05) is 0 Å². The van der Waals surface area contributed by atoms with E-state index in [1.54, 1.807) is 106 Å². The molecule has 0 saturated heterocycles. The molecule has 4 aromatic carbocycles. The molecule has 338 valence electrons. The zero-order valence-electron chi connectivity index (χ0n) is 38.3. The molecule has 0 aliphatic carbocycles. The molecule has 61 heavy (non-hydrogen) atoms. The van der Waals surface area contributed by atoms with Crippen molar-refractivity contribution in [2.24, 2.45) is 0 Å². The lowest BCUT2D eigenvalue weighted by Gasteiger charge is -2.29. The molecule has 0 aliphatic heterocycles. The van der Waals surface area contributed by atoms with Gasteiger partial charge in [-0.3, -0.25) is 15.4 Å². The number of rotatable bonds is 11. The molecule has 0 atom stereocenters. The number of carbonyl (C=O) groups excluding carboxylic acids is 3. The third kappa shape index (κ3) is 27.5. The van der Waals surface area contributed by atoms with Crippen molar-refractivity contribution >= 4 is 17.9 Å². The highest BCUT2D eigenvalue weighted by Gasteiger charge is 2.24. The van der Waals surface area contributed by atoms with E-state index >= 15 is 0 Å². The lowest BCUT2D eigenvalue weighted by atomic mass is 9.99. The van der Waals surface area contributed by atoms with Crippen LogP contribution in [-0.2, 0) is 44.7 Å². The van der Waals surface area contributed by atoms with Crippen LogP contribution < -0.4 is 0 Å². The van der Waals surface area contributed by atoms with Gasteiger partial charge in [0.15, 0.2) is 0 Å². The second-order valence-corrected chi connectivity index (χ2v) is 17.0. The monoisotopic (exact) mass is 852 g/mol. The van der Waals surface area contributed by atoms with Crippen LogP contribution in [0.2, 0.25) is 0 Å². The van der Waals surface area contributed by atoms with Gasteiger partial charge in [-0.25, -0.2) is 43.7 Å². The minimum absolute atomic E-state index is 0.174. The van der Waals surface area contributed by atoms with Crippen molar-refractivity contribution in [1.82, 2.24) is 0 Å². The van der Waals surface area contributed by atoms with Crippen LogP contribution in [-0.4, -0.2) is 50.8 Å². The molecule has 0 heterocycles. The Morgan fingerprint density at radius 2 is 0.689 bits per heavy atom. The first-order valence-electron chi connectivity index (χ1n) is 19.9. The molecule has 4 rings (SSSR count). The predicted octanol–water partition coefficient (Wildman–Crippen LogP) is 12.2. The van der Waals surface area contributed by atoms with Gasteiger partial charge in [-0.15, -0.1) is 0 Å². The molecule has 0 aliphatic rings. The van der Waals surface area contributed by atoms with Gasteiger partial charge < -0.3 is 0 Å². The minimum atomic E-state index is -0.708. The van der Waals surface area contributed by atoms with E-state index in [0.717, 1.165) is 18.4 Å². The summed E-state index contributed by atoms with van der Waals surface area (Å²) in [6.07, 6.45) is 1.90. The highest BCUT2D eigenvalue weighted by molar-refractivity contribution is 5.92. The molecule has 0 fully saturated rings. The average Bonchev–Trinajstić information content (AvgIpc) is 3.25. The van der Waals surface area contributed by atoms with Crippen molar-refractivity contribution in [3.63, 3.8) is 0 Å². The SMILES string of the molecule is CC(C)(C)OO.CC(C)(C)OOC(=O)c1ccccc1.CC(C)(OO)c1ccccc1.CCC(C)(C)OOC(C)(C)CC.O=C(OOC(=O)c1ccccc1)c1ccccc1. The number of benzene rings is 4. The summed E-state index contributed by atoms with van der Waals surface area (Å²) >= 11 is 0. The zero-order chi connectivity index (χ0) is 46.8. The lowest BCUT2D eigenvalue weighted by Crippen LogP contribution is -2.31. The summed E-state index contributed by atoms with van der Waals surface area (Å²) in [7, 11) is 0. The van der Waals surface area contributed by atoms with Crippen molar-refractivity contribution in [3.05, 3.63) is 144 Å². The third-order valence-electron chi connectivity index (χ3n) is 7.76. The maximum atomic E-state index is 11.5. The van der Waals surface area contributed by atoms with Gasteiger partial charge in [-0.2, -0.15) is 4.89 Å². The Labute approximate surface area is 362 Å². The average molecular weight is 853 g/mol. The first kappa shape index (κ1) is 56.0. The van der Waals surface area contributed by atoms with Crippen molar-refractivity contribution < 1.29 is 64.0 Å². The predicted molar refractivity (Wildman–Crippen MR) is 234 cm³/mol. The van der Waals surface area contributed by atoms with Crippen LogP contribution in [0.5, 0.6) is 0 Å². The van der Waals surface area contributed by atoms with E-state index in [2.05, 4.69) is 38.3 Å². The highest BCUT2D eigenvalue weighted by Crippen LogP contribution is 2.23. The summed E-state index contributed by atoms with van der Waals surface area (Å²) in [4.78, 5) is 71.7. The van der Waals surface area contributed by atoms with Crippen LogP contribution in [0.25, 0.3) is 0 Å². The van der Waals surface area contributed by atoms with Crippen LogP contribution in [0.15, 0.2) is 121 Å². The molecular formula is C48H68O13. The number of hydrogen-bond acceptors (Lipinski definition) is 13. The summed E-state index contributed by atoms with van der Waals surface area (Å²) in [5.41, 5.74) is 0.237. The van der Waals surface area contributed by atoms with Gasteiger partial charge in [-0.05, 0) is 138 Å². The smallest absolute Gasteiger partial charge is 0.292 e. The van der Waals surface area contributed by atoms with Gasteiger partial charge in [-0.1, -0.05) is 98.8 Å². The summed E-state index contributed by atoms with van der Waals surface area (Å²) < 4.78 is 0. The number of carbonyl (C=O) groups is 3. The molecule has 0 bridgehead atoms. The van der Waals surface area contributed by atoms with Crippen LogP contribution >= 0.6 is 0 Å². The lowest BCUT2D eigenvalue weighted by molar-refractivity contribution is -0.401. The first-order chi connectivity index (χ1) is 28.3. The fraction of sp³-hybridized carbons (Fsp3) is 0.438. The summed E-state index contributed by atoms with van der Waals surface area (Å²) in [6.45, 7) is 26.6. The Morgan fingerprint density at radius 1 is 0.410 bits per heavy atom. The van der Waals surface area contributed by atoms with Gasteiger partial charge >= 0.3 is 17.9 Å². The molecule has 0 saturated carbocycles. The maximum absolute atomic E-state index is 11.5. The Kier molecular flexibility index (Phi) is 25.5. The molecule has 0 amide bonds. The highest BCUT2D eigenvalue weighted by atomic mass is 17.2. The van der Waals surface area contributed by atoms with Crippen molar-refractivity contribution in [2.45, 2.75) is 138 Å². The van der Waals surface area contributed by atoms with Crippen molar-refractivity contribution in [3.8, 4) is 0 Å². The Balaban J connectivity index is 0.000000765. The van der Waals surface area contributed by atoms with Crippen LogP contribution in [0, 0.1) is 0 Å². The summed E-state index contributed by atoms with van der Waals surface area (Å²) in [5.74, 6) is -1.89. The van der Waals surface area contributed by atoms with Gasteiger partial charge in [0.2, 0.25) is 0 Å². The van der Waals surface area contributed by atoms with Gasteiger partial charge in [0.1, 0.15) is 11.2 Å². The molecule has 13 heteroatoms. The van der Waals surface area contributed by atoms with Gasteiger partial charge in [0.25, 0.3) is 0 Å². The third-order valence-corrected chi connectivity index (χ3v) is 7.76. The van der Waals surface area contributed by atoms with E-state index in [9.17, 15) is 14.4 Å². The standard InChI is InChI=1S/C14H10O4.C11H14O3.C10H22O2.C9H12O2.C4H10O2/c15-13(11-7-3-1-4-8-11)17-18-14(16)12-9-5-2-6-10-12;1-11(2,3)14-13-10(12)9-7-5-4-6-8-9;1-7-9(3,4)11-12-10(5,6)8-2;1-9(2,11-10)8-6-4-3-5-7-8;1-4(2,3)6-5/h1-10H;4-8H,1-3H3;7-8H2,1-6H3;3-7,10H,1-2H3;5H,1-3H3. The molecular weight excluding hydrogens is 785 g/mol. The van der Waals surface area contributed by atoms with Gasteiger partial charge in [0.05, 0.1) is 33.5 Å². The van der Waals surface area contributed by atoms with E-state index in [-0.39, 0.29) is 11.2 Å². The fourth-order valence-electron chi connectivity index (χ4n) is 3.34. The van der Waals surface area contributed by atoms with Crippen LogP contribution in [0.1, 0.15) is 146 Å². The summed E-state index contributed by atoms with van der Waals surface area (Å²) in [6, 6.07) is 34.9. The van der Waals surface area contributed by atoms with Crippen LogP contribution in [0.4, 0.5) is 0 Å². The first-order valence-corrected chi connectivity index (χ1v) is 19.9. The second kappa shape index (κ2) is 27.8. The molecule has 2 N–H and O–H groups in total. The molecule has 13 nitrogen and oxygen atoms in total. The van der Waals surface area contributed by atoms with E-state index in [1.165, 1.54) is 0 Å². The quantitative estimate of drug-likeness (QED) is 0.108. The van der Waals surface area contributed by atoms with E-state index in [1.807, 2.05) is 98.7 Å². The van der Waals surface area contributed by atoms with Crippen LogP contribution in [0.3, 0.4) is 0 Å². The number of hydrogen-bond donors (Lipinski definition) is 2. The normalized spacial score (nSPS) is 11.3. The fourth-order valence-corrected chi connectivity index (χ4v) is 3.34. The summed E-state index contributed by atoms with van der Waals surface area (Å²) in [5, 5.41) is 16.5. The Hall–Kier alpha value is -4.99. The molecule has 0 radical (unpaired) electrons. The zero-order valence-corrected chi connectivity index (χ0v) is 38.3. The minimum Gasteiger partial charge on any atom is -0.292 e. The molecule has 0 spiro atoms. The van der Waals surface area contributed by atoms with E-state index < -0.39 is 34.7 Å². The Morgan fingerprint density at radius 3 is 0.934 bits per heavy atom. The van der Waals surface area contributed by atoms with Gasteiger partial charge in [0, 0.05) is 0 Å². The van der Waals surface area contributed by atoms with Crippen molar-refractivity contribution in [1.29, 1.82) is 0 Å². The van der Waals surface area contributed by atoms with E-state index in [4.69, 9.17) is 25.2 Å². The molecule has 0 aromatic heterocycles. The topological polar surface area (TPSA) is 166 Å². The second-order valence-electron chi connectivity index (χ2n) is 17.0.